The number of aromatic nitrogens is 1. The third-order valence-electron chi connectivity index (χ3n) is 2.34. The standard InChI is InChI=1S/C11H19N3OS/c1-4-12-8(2)5-11(15)13-6-10-9(3)14-7-16-10/h7-8,12H,4-6H2,1-3H3,(H,13,15). The summed E-state index contributed by atoms with van der Waals surface area (Å²) in [4.78, 5) is 16.8. The molecule has 1 heterocycles. The van der Waals surface area contributed by atoms with Crippen molar-refractivity contribution in [1.29, 1.82) is 0 Å². The van der Waals surface area contributed by atoms with Crippen LogP contribution in [0.5, 0.6) is 0 Å². The van der Waals surface area contributed by atoms with Crippen LogP contribution < -0.4 is 10.6 Å². The summed E-state index contributed by atoms with van der Waals surface area (Å²) in [6.07, 6.45) is 0.520. The second kappa shape index (κ2) is 6.60. The van der Waals surface area contributed by atoms with E-state index in [1.165, 1.54) is 0 Å². The first-order valence-electron chi connectivity index (χ1n) is 5.52. The van der Waals surface area contributed by atoms with E-state index in [4.69, 9.17) is 0 Å². The minimum absolute atomic E-state index is 0.0845. The van der Waals surface area contributed by atoms with E-state index < -0.39 is 0 Å². The van der Waals surface area contributed by atoms with E-state index in [0.717, 1.165) is 17.1 Å². The smallest absolute Gasteiger partial charge is 0.221 e. The molecule has 4 nitrogen and oxygen atoms in total. The summed E-state index contributed by atoms with van der Waals surface area (Å²) in [6, 6.07) is 0.229. The molecule has 90 valence electrons. The molecule has 0 aliphatic carbocycles. The molecule has 1 amide bonds. The van der Waals surface area contributed by atoms with E-state index in [1.54, 1.807) is 16.8 Å². The first-order chi connectivity index (χ1) is 7.63. The zero-order valence-electron chi connectivity index (χ0n) is 10.0. The molecule has 0 aliphatic heterocycles. The Labute approximate surface area is 100 Å². The van der Waals surface area contributed by atoms with E-state index in [0.29, 0.717) is 13.0 Å². The number of carbonyl (C=O) groups excluding carboxylic acids is 1. The predicted molar refractivity (Wildman–Crippen MR) is 66.5 cm³/mol. The lowest BCUT2D eigenvalue weighted by molar-refractivity contribution is -0.121. The molecule has 1 aromatic heterocycles. The maximum absolute atomic E-state index is 11.6. The van der Waals surface area contributed by atoms with Crippen molar-refractivity contribution < 1.29 is 4.79 Å². The largest absolute Gasteiger partial charge is 0.351 e. The van der Waals surface area contributed by atoms with Gasteiger partial charge in [-0.3, -0.25) is 4.79 Å². The Kier molecular flexibility index (Phi) is 5.42. The number of aryl methyl sites for hydroxylation is 1. The van der Waals surface area contributed by atoms with Crippen LogP contribution in [0, 0.1) is 6.92 Å². The SMILES string of the molecule is CCNC(C)CC(=O)NCc1scnc1C. The molecule has 0 aliphatic rings. The first kappa shape index (κ1) is 13.1. The highest BCUT2D eigenvalue weighted by Gasteiger charge is 2.08. The van der Waals surface area contributed by atoms with Crippen molar-refractivity contribution >= 4 is 17.2 Å². The number of hydrogen-bond donors (Lipinski definition) is 2. The summed E-state index contributed by atoms with van der Waals surface area (Å²) in [5.41, 5.74) is 2.81. The van der Waals surface area contributed by atoms with Crippen LogP contribution in [0.3, 0.4) is 0 Å². The number of nitrogens with one attached hydrogen (secondary N) is 2. The molecule has 1 atom stereocenters. The molecule has 5 heteroatoms. The van der Waals surface area contributed by atoms with E-state index in [2.05, 4.69) is 15.6 Å². The van der Waals surface area contributed by atoms with Gasteiger partial charge in [0.1, 0.15) is 0 Å². The maximum Gasteiger partial charge on any atom is 0.221 e. The number of hydrogen-bond acceptors (Lipinski definition) is 4. The fourth-order valence-electron chi connectivity index (χ4n) is 1.45. The normalized spacial score (nSPS) is 12.4. The molecule has 1 unspecified atom stereocenters. The Bertz CT molecular complexity index is 338. The maximum atomic E-state index is 11.6. The van der Waals surface area contributed by atoms with Crippen LogP contribution in [0.2, 0.25) is 0 Å². The number of amides is 1. The monoisotopic (exact) mass is 241 g/mol. The fraction of sp³-hybridized carbons (Fsp3) is 0.636. The highest BCUT2D eigenvalue weighted by atomic mass is 32.1. The summed E-state index contributed by atoms with van der Waals surface area (Å²) in [5, 5.41) is 6.12. The van der Waals surface area contributed by atoms with Crippen LogP contribution >= 0.6 is 11.3 Å². The van der Waals surface area contributed by atoms with Gasteiger partial charge in [-0.05, 0) is 20.4 Å². The van der Waals surface area contributed by atoms with Gasteiger partial charge in [0.25, 0.3) is 0 Å². The molecule has 2 N–H and O–H groups in total. The van der Waals surface area contributed by atoms with Crippen LogP contribution in [-0.2, 0) is 11.3 Å². The lowest BCUT2D eigenvalue weighted by atomic mass is 10.2. The van der Waals surface area contributed by atoms with Gasteiger partial charge in [-0.2, -0.15) is 0 Å². The fourth-order valence-corrected chi connectivity index (χ4v) is 2.16. The average molecular weight is 241 g/mol. The molecule has 0 fully saturated rings. The minimum atomic E-state index is 0.0845. The van der Waals surface area contributed by atoms with E-state index >= 15 is 0 Å². The summed E-state index contributed by atoms with van der Waals surface area (Å²) in [5.74, 6) is 0.0845. The molecule has 0 radical (unpaired) electrons. The van der Waals surface area contributed by atoms with Crippen LogP contribution in [0.4, 0.5) is 0 Å². The zero-order chi connectivity index (χ0) is 12.0. The summed E-state index contributed by atoms with van der Waals surface area (Å²) < 4.78 is 0. The van der Waals surface area contributed by atoms with Crippen molar-refractivity contribution in [3.8, 4) is 0 Å². The van der Waals surface area contributed by atoms with E-state index in [1.807, 2.05) is 20.8 Å². The lowest BCUT2D eigenvalue weighted by Gasteiger charge is -2.11. The van der Waals surface area contributed by atoms with Gasteiger partial charge in [-0.15, -0.1) is 11.3 Å². The third-order valence-corrected chi connectivity index (χ3v) is 3.27. The predicted octanol–water partition coefficient (Wildman–Crippen LogP) is 1.46. The van der Waals surface area contributed by atoms with Crippen molar-refractivity contribution in [3.05, 3.63) is 16.1 Å². The molecule has 0 spiro atoms. The Morgan fingerprint density at radius 3 is 2.94 bits per heavy atom. The van der Waals surface area contributed by atoms with E-state index in [-0.39, 0.29) is 11.9 Å². The van der Waals surface area contributed by atoms with Crippen molar-refractivity contribution in [3.63, 3.8) is 0 Å². The van der Waals surface area contributed by atoms with Gasteiger partial charge in [0.2, 0.25) is 5.91 Å². The second-order valence-corrected chi connectivity index (χ2v) is 4.74. The average Bonchev–Trinajstić information content (AvgIpc) is 2.61. The highest BCUT2D eigenvalue weighted by molar-refractivity contribution is 7.09. The van der Waals surface area contributed by atoms with Crippen LogP contribution in [0.15, 0.2) is 5.51 Å². The zero-order valence-corrected chi connectivity index (χ0v) is 10.9. The molecule has 0 saturated heterocycles. The summed E-state index contributed by atoms with van der Waals surface area (Å²) in [7, 11) is 0. The van der Waals surface area contributed by atoms with E-state index in [9.17, 15) is 4.79 Å². The van der Waals surface area contributed by atoms with Crippen molar-refractivity contribution in [2.45, 2.75) is 39.8 Å². The summed E-state index contributed by atoms with van der Waals surface area (Å²) >= 11 is 1.58. The van der Waals surface area contributed by atoms with Crippen LogP contribution in [0.1, 0.15) is 30.8 Å². The third kappa shape index (κ3) is 4.28. The van der Waals surface area contributed by atoms with Crippen molar-refractivity contribution in [1.82, 2.24) is 15.6 Å². The lowest BCUT2D eigenvalue weighted by Crippen LogP contribution is -2.33. The molecule has 1 aromatic rings. The Morgan fingerprint density at radius 2 is 2.38 bits per heavy atom. The Hall–Kier alpha value is -0.940. The number of carbonyl (C=O) groups is 1. The van der Waals surface area contributed by atoms with Crippen LogP contribution in [-0.4, -0.2) is 23.5 Å². The molecule has 0 saturated carbocycles. The molecule has 16 heavy (non-hydrogen) atoms. The summed E-state index contributed by atoms with van der Waals surface area (Å²) in [6.45, 7) is 7.49. The van der Waals surface area contributed by atoms with Crippen molar-refractivity contribution in [2.24, 2.45) is 0 Å². The molecule has 1 rings (SSSR count). The number of thiazole rings is 1. The molecular formula is C11H19N3OS. The molecule has 0 bridgehead atoms. The Morgan fingerprint density at radius 1 is 1.62 bits per heavy atom. The minimum Gasteiger partial charge on any atom is -0.351 e. The first-order valence-corrected chi connectivity index (χ1v) is 6.40. The molecular weight excluding hydrogens is 222 g/mol. The highest BCUT2D eigenvalue weighted by Crippen LogP contribution is 2.11. The quantitative estimate of drug-likeness (QED) is 0.792. The van der Waals surface area contributed by atoms with Gasteiger partial charge in [0.05, 0.1) is 17.7 Å². The number of nitrogens with zero attached hydrogens (tertiary/aromatic N) is 1. The Balaban J connectivity index is 2.28. The molecule has 0 aromatic carbocycles. The van der Waals surface area contributed by atoms with Gasteiger partial charge >= 0.3 is 0 Å². The van der Waals surface area contributed by atoms with Crippen molar-refractivity contribution in [2.75, 3.05) is 6.54 Å². The van der Waals surface area contributed by atoms with Gasteiger partial charge in [-0.1, -0.05) is 6.92 Å². The van der Waals surface area contributed by atoms with Crippen LogP contribution in [0.25, 0.3) is 0 Å². The van der Waals surface area contributed by atoms with Gasteiger partial charge < -0.3 is 10.6 Å². The number of rotatable bonds is 6. The van der Waals surface area contributed by atoms with Gasteiger partial charge in [-0.25, -0.2) is 4.98 Å². The topological polar surface area (TPSA) is 54.0 Å². The second-order valence-electron chi connectivity index (χ2n) is 3.80. The van der Waals surface area contributed by atoms with Gasteiger partial charge in [0.15, 0.2) is 0 Å². The van der Waals surface area contributed by atoms with Gasteiger partial charge in [0, 0.05) is 17.3 Å².